The number of para-hydroxylation sites is 2. The van der Waals surface area contributed by atoms with E-state index in [4.69, 9.17) is 9.72 Å². The molecule has 0 radical (unpaired) electrons. The van der Waals surface area contributed by atoms with E-state index in [1.807, 2.05) is 6.20 Å². The van der Waals surface area contributed by atoms with Gasteiger partial charge in [-0.3, -0.25) is 4.57 Å². The van der Waals surface area contributed by atoms with E-state index in [9.17, 15) is 0 Å². The fourth-order valence-electron chi connectivity index (χ4n) is 8.29. The first-order chi connectivity index (χ1) is 29.6. The Labute approximate surface area is 375 Å². The number of nitrogens with zero attached hydrogens (tertiary/aromatic N) is 3. The summed E-state index contributed by atoms with van der Waals surface area (Å²) in [6.07, 6.45) is 1.94. The number of anilines is 4. The number of fused-ring (bicyclic) bond motifs is 3. The van der Waals surface area contributed by atoms with Crippen LogP contribution in [0, 0.1) is 0 Å². The van der Waals surface area contributed by atoms with Crippen LogP contribution in [0.25, 0.3) is 38.8 Å². The Kier molecular flexibility index (Phi) is 11.1. The zero-order chi connectivity index (χ0) is 45.1. The van der Waals surface area contributed by atoms with Gasteiger partial charge in [-0.15, -0.1) is 0 Å². The highest BCUT2D eigenvalue weighted by Gasteiger charge is 2.23. The highest BCUT2D eigenvalue weighted by molar-refractivity contribution is 6.09. The summed E-state index contributed by atoms with van der Waals surface area (Å²) in [5.74, 6) is 2.45. The van der Waals surface area contributed by atoms with Crippen molar-refractivity contribution in [3.63, 3.8) is 0 Å². The summed E-state index contributed by atoms with van der Waals surface area (Å²) < 4.78 is 9.24. The number of ether oxygens (including phenoxy) is 1. The van der Waals surface area contributed by atoms with Crippen molar-refractivity contribution in [2.24, 2.45) is 0 Å². The highest BCUT2D eigenvalue weighted by atomic mass is 16.5. The molecular weight excluding hydrogens is 769 g/mol. The van der Waals surface area contributed by atoms with Crippen LogP contribution < -0.4 is 15.0 Å². The molecule has 0 spiro atoms. The maximum Gasteiger partial charge on any atom is 0.137 e. The molecule has 0 saturated carbocycles. The number of hydrogen-bond donors (Lipinski definition) is 1. The quantitative estimate of drug-likeness (QED) is 0.166. The Hall–Kier alpha value is -6.33. The summed E-state index contributed by atoms with van der Waals surface area (Å²) in [5, 5.41) is 6.21. The van der Waals surface area contributed by atoms with Gasteiger partial charge in [0.15, 0.2) is 0 Å². The van der Waals surface area contributed by atoms with Crippen LogP contribution in [0.3, 0.4) is 0 Å². The van der Waals surface area contributed by atoms with Gasteiger partial charge in [-0.2, -0.15) is 0 Å². The Morgan fingerprint density at radius 1 is 0.492 bits per heavy atom. The molecule has 6 aromatic carbocycles. The molecule has 0 aliphatic carbocycles. The van der Waals surface area contributed by atoms with Crippen LogP contribution in [0.5, 0.6) is 11.5 Å². The lowest BCUT2D eigenvalue weighted by Crippen LogP contribution is -2.15. The van der Waals surface area contributed by atoms with E-state index in [1.165, 1.54) is 44.2 Å². The third kappa shape index (κ3) is 9.11. The van der Waals surface area contributed by atoms with Crippen LogP contribution in [0.4, 0.5) is 22.7 Å². The van der Waals surface area contributed by atoms with Gasteiger partial charge in [0, 0.05) is 47.5 Å². The monoisotopic (exact) mass is 833 g/mol. The molecule has 0 bridgehead atoms. The number of pyridine rings is 1. The van der Waals surface area contributed by atoms with Gasteiger partial charge in [-0.05, 0) is 128 Å². The van der Waals surface area contributed by atoms with Crippen molar-refractivity contribution in [3.8, 4) is 28.4 Å². The third-order valence-corrected chi connectivity index (χ3v) is 12.3. The average Bonchev–Trinajstić information content (AvgIpc) is 3.55. The van der Waals surface area contributed by atoms with Gasteiger partial charge in [-0.1, -0.05) is 138 Å². The predicted octanol–water partition coefficient (Wildman–Crippen LogP) is 16.3. The minimum absolute atomic E-state index is 0.0127. The Bertz CT molecular complexity index is 2950. The Morgan fingerprint density at radius 3 is 1.84 bits per heavy atom. The lowest BCUT2D eigenvalue weighted by molar-refractivity contribution is 0.479. The summed E-state index contributed by atoms with van der Waals surface area (Å²) in [4.78, 5) is 7.22. The topological polar surface area (TPSA) is 42.3 Å². The molecule has 322 valence electrons. The minimum Gasteiger partial charge on any atom is -0.457 e. The maximum absolute atomic E-state index is 6.94. The summed E-state index contributed by atoms with van der Waals surface area (Å²) in [6.45, 7) is 27.1. The molecule has 1 N–H and O–H groups in total. The molecule has 0 aliphatic rings. The SMILES string of the molecule is CN(c1cc(Oc2ccc3c4cc(C(C)(C)C)ccc4n(-c4cc(C(C)(C)C)ccn4)c3c2)cc(C(C)(C)C)c1)c1ccccc1Nc1cc(-c2ccccc2)cc(C(C)(C)C)c1. The van der Waals surface area contributed by atoms with Crippen LogP contribution in [0.1, 0.15) is 105 Å². The van der Waals surface area contributed by atoms with Crippen molar-refractivity contribution in [1.29, 1.82) is 0 Å². The fraction of sp³-hybridized carbons (Fsp3) is 0.293. The van der Waals surface area contributed by atoms with Gasteiger partial charge in [0.05, 0.1) is 22.4 Å². The van der Waals surface area contributed by atoms with Gasteiger partial charge in [0.2, 0.25) is 0 Å². The zero-order valence-corrected chi connectivity index (χ0v) is 39.6. The van der Waals surface area contributed by atoms with Crippen molar-refractivity contribution in [3.05, 3.63) is 168 Å². The zero-order valence-electron chi connectivity index (χ0n) is 39.6. The van der Waals surface area contributed by atoms with Crippen molar-refractivity contribution in [1.82, 2.24) is 9.55 Å². The van der Waals surface area contributed by atoms with E-state index in [0.717, 1.165) is 51.1 Å². The standard InChI is InChI=1S/C58H64N4O/c1-55(2,3)40-23-26-51-49(34-40)48-25-24-46(37-53(48)62(51)54-35-41(27-28-59-54)56(4,5)6)63-47-33-43(58(10,11)12)32-45(36-47)61(13)52-22-18-17-21-50(52)60-44-30-39(38-19-15-14-16-20-38)29-42(31-44)57(7,8)9/h14-37,60H,1-13H3. The van der Waals surface area contributed by atoms with E-state index in [1.54, 1.807) is 0 Å². The lowest BCUT2D eigenvalue weighted by atomic mass is 9.85. The van der Waals surface area contributed by atoms with E-state index >= 15 is 0 Å². The summed E-state index contributed by atoms with van der Waals surface area (Å²) in [7, 11) is 2.14. The molecule has 0 atom stereocenters. The van der Waals surface area contributed by atoms with Crippen molar-refractivity contribution in [2.75, 3.05) is 17.3 Å². The van der Waals surface area contributed by atoms with Gasteiger partial charge in [0.25, 0.3) is 0 Å². The van der Waals surface area contributed by atoms with Crippen molar-refractivity contribution < 1.29 is 4.74 Å². The Morgan fingerprint density at radius 2 is 1.14 bits per heavy atom. The molecule has 0 saturated heterocycles. The van der Waals surface area contributed by atoms with Crippen LogP contribution in [0.2, 0.25) is 0 Å². The van der Waals surface area contributed by atoms with Gasteiger partial charge < -0.3 is 15.0 Å². The summed E-state index contributed by atoms with van der Waals surface area (Å²) in [6, 6.07) is 50.4. The number of rotatable bonds is 8. The second-order valence-electron chi connectivity index (χ2n) is 21.3. The predicted molar refractivity (Wildman–Crippen MR) is 270 cm³/mol. The van der Waals surface area contributed by atoms with Gasteiger partial charge in [-0.25, -0.2) is 4.98 Å². The van der Waals surface area contributed by atoms with Crippen molar-refractivity contribution in [2.45, 2.75) is 105 Å². The van der Waals surface area contributed by atoms with E-state index in [0.29, 0.717) is 0 Å². The second kappa shape index (κ2) is 16.1. The number of benzene rings is 6. The first kappa shape index (κ1) is 43.3. The highest BCUT2D eigenvalue weighted by Crippen LogP contribution is 2.42. The molecule has 63 heavy (non-hydrogen) atoms. The normalized spacial score (nSPS) is 12.5. The van der Waals surface area contributed by atoms with Gasteiger partial charge >= 0.3 is 0 Å². The van der Waals surface area contributed by atoms with Crippen molar-refractivity contribution >= 4 is 44.6 Å². The first-order valence-electron chi connectivity index (χ1n) is 22.3. The Balaban J connectivity index is 1.20. The molecule has 8 aromatic rings. The van der Waals surface area contributed by atoms with E-state index in [-0.39, 0.29) is 21.7 Å². The van der Waals surface area contributed by atoms with E-state index in [2.05, 4.69) is 244 Å². The lowest BCUT2D eigenvalue weighted by Gasteiger charge is -2.27. The molecule has 8 rings (SSSR count). The fourth-order valence-corrected chi connectivity index (χ4v) is 8.29. The molecule has 2 heterocycles. The minimum atomic E-state index is -0.126. The molecule has 2 aromatic heterocycles. The van der Waals surface area contributed by atoms with Crippen LogP contribution in [-0.2, 0) is 21.7 Å². The summed E-state index contributed by atoms with van der Waals surface area (Å²) >= 11 is 0. The molecule has 5 heteroatoms. The largest absolute Gasteiger partial charge is 0.457 e. The second-order valence-corrected chi connectivity index (χ2v) is 21.3. The first-order valence-corrected chi connectivity index (χ1v) is 22.3. The van der Waals surface area contributed by atoms with Crippen LogP contribution >= 0.6 is 0 Å². The van der Waals surface area contributed by atoms with Crippen LogP contribution in [-0.4, -0.2) is 16.6 Å². The average molecular weight is 833 g/mol. The summed E-state index contributed by atoms with van der Waals surface area (Å²) in [5.41, 5.74) is 13.6. The molecule has 0 amide bonds. The number of nitrogens with one attached hydrogen (secondary N) is 1. The molecular formula is C58H64N4O. The number of aromatic nitrogens is 2. The third-order valence-electron chi connectivity index (χ3n) is 12.3. The van der Waals surface area contributed by atoms with E-state index < -0.39 is 0 Å². The molecule has 0 unspecified atom stereocenters. The molecule has 5 nitrogen and oxygen atoms in total. The van der Waals surface area contributed by atoms with Gasteiger partial charge in [0.1, 0.15) is 17.3 Å². The molecule has 0 aliphatic heterocycles. The number of hydrogen-bond acceptors (Lipinski definition) is 4. The maximum atomic E-state index is 6.94. The molecule has 0 fully saturated rings. The van der Waals surface area contributed by atoms with Crippen LogP contribution in [0.15, 0.2) is 146 Å². The smallest absolute Gasteiger partial charge is 0.137 e.